The zero-order valence-electron chi connectivity index (χ0n) is 16.9. The van der Waals surface area contributed by atoms with Gasteiger partial charge in [-0.3, -0.25) is 14.5 Å². The number of piperazine rings is 1. The van der Waals surface area contributed by atoms with Crippen molar-refractivity contribution < 1.29 is 9.59 Å². The van der Waals surface area contributed by atoms with Crippen LogP contribution >= 0.6 is 11.3 Å². The van der Waals surface area contributed by atoms with Gasteiger partial charge in [0.1, 0.15) is 6.04 Å². The summed E-state index contributed by atoms with van der Waals surface area (Å²) in [5.41, 5.74) is 1.54. The molecule has 2 amide bonds. The van der Waals surface area contributed by atoms with Gasteiger partial charge in [0.15, 0.2) is 0 Å². The summed E-state index contributed by atoms with van der Waals surface area (Å²) in [6.45, 7) is 9.94. The van der Waals surface area contributed by atoms with E-state index in [1.165, 1.54) is 4.88 Å². The second-order valence-corrected chi connectivity index (χ2v) is 8.72. The lowest BCUT2D eigenvalue weighted by atomic mass is 10.0. The van der Waals surface area contributed by atoms with E-state index in [0.29, 0.717) is 18.7 Å². The predicted octanol–water partition coefficient (Wildman–Crippen LogP) is 3.16. The summed E-state index contributed by atoms with van der Waals surface area (Å²) in [5.74, 6) is -0.126. The van der Waals surface area contributed by atoms with E-state index in [4.69, 9.17) is 0 Å². The highest BCUT2D eigenvalue weighted by atomic mass is 32.1. The van der Waals surface area contributed by atoms with E-state index < -0.39 is 6.04 Å². The van der Waals surface area contributed by atoms with E-state index >= 15 is 0 Å². The second-order valence-electron chi connectivity index (χ2n) is 7.69. The number of benzene rings is 1. The first-order valence-corrected chi connectivity index (χ1v) is 10.7. The summed E-state index contributed by atoms with van der Waals surface area (Å²) >= 11 is 1.77. The molecule has 1 atom stereocenters. The summed E-state index contributed by atoms with van der Waals surface area (Å²) in [4.78, 5) is 31.4. The lowest BCUT2D eigenvalue weighted by Gasteiger charge is -2.37. The maximum atomic E-state index is 13.1. The van der Waals surface area contributed by atoms with E-state index in [1.807, 2.05) is 43.9 Å². The molecule has 0 spiro atoms. The number of hydrogen-bond donors (Lipinski definition) is 1. The van der Waals surface area contributed by atoms with Crippen LogP contribution in [0.25, 0.3) is 0 Å². The van der Waals surface area contributed by atoms with Gasteiger partial charge in [-0.25, -0.2) is 0 Å². The highest BCUT2D eigenvalue weighted by Crippen LogP contribution is 2.16. The maximum absolute atomic E-state index is 13.1. The monoisotopic (exact) mass is 399 g/mol. The standard InChI is InChI=1S/C22H29N3O2S/c1-16(2)20(23-21(26)19-9-5-4-7-17(19)3)22(27)25-12-10-24(11-13-25)15-18-8-6-14-28-18/h4-9,14,16,20H,10-13,15H2,1-3H3,(H,23,26)/t20-/m0/s1. The quantitative estimate of drug-likeness (QED) is 0.812. The van der Waals surface area contributed by atoms with Gasteiger partial charge in [-0.1, -0.05) is 38.1 Å². The summed E-state index contributed by atoms with van der Waals surface area (Å²) in [6, 6.07) is 11.2. The molecule has 1 fully saturated rings. The third-order valence-electron chi connectivity index (χ3n) is 5.25. The summed E-state index contributed by atoms with van der Waals surface area (Å²) in [7, 11) is 0. The zero-order valence-corrected chi connectivity index (χ0v) is 17.7. The predicted molar refractivity (Wildman–Crippen MR) is 113 cm³/mol. The van der Waals surface area contributed by atoms with Crippen LogP contribution in [0.15, 0.2) is 41.8 Å². The average Bonchev–Trinajstić information content (AvgIpc) is 3.19. The first-order chi connectivity index (χ1) is 13.5. The molecule has 2 heterocycles. The van der Waals surface area contributed by atoms with Gasteiger partial charge in [0.25, 0.3) is 5.91 Å². The molecule has 0 bridgehead atoms. The maximum Gasteiger partial charge on any atom is 0.252 e. The lowest BCUT2D eigenvalue weighted by Crippen LogP contribution is -2.56. The molecule has 28 heavy (non-hydrogen) atoms. The van der Waals surface area contributed by atoms with Gasteiger partial charge in [-0.2, -0.15) is 0 Å². The third-order valence-corrected chi connectivity index (χ3v) is 6.11. The molecule has 1 aromatic carbocycles. The van der Waals surface area contributed by atoms with Gasteiger partial charge in [0, 0.05) is 43.2 Å². The smallest absolute Gasteiger partial charge is 0.252 e. The molecule has 0 radical (unpaired) electrons. The van der Waals surface area contributed by atoms with Crippen LogP contribution in [0.4, 0.5) is 0 Å². The molecule has 1 saturated heterocycles. The van der Waals surface area contributed by atoms with Crippen LogP contribution < -0.4 is 5.32 Å². The van der Waals surface area contributed by atoms with Gasteiger partial charge in [-0.05, 0) is 35.9 Å². The number of amides is 2. The average molecular weight is 400 g/mol. The molecule has 2 aromatic rings. The summed E-state index contributed by atoms with van der Waals surface area (Å²) in [6.07, 6.45) is 0. The SMILES string of the molecule is Cc1ccccc1C(=O)N[C@H](C(=O)N1CCN(Cc2cccs2)CC1)C(C)C. The lowest BCUT2D eigenvalue weighted by molar-refractivity contribution is -0.136. The molecule has 1 N–H and O–H groups in total. The van der Waals surface area contributed by atoms with E-state index in [2.05, 4.69) is 27.7 Å². The second kappa shape index (κ2) is 9.34. The first kappa shape index (κ1) is 20.6. The number of hydrogen-bond acceptors (Lipinski definition) is 4. The molecule has 0 unspecified atom stereocenters. The Balaban J connectivity index is 1.59. The number of carbonyl (C=O) groups is 2. The van der Waals surface area contributed by atoms with E-state index in [0.717, 1.165) is 25.2 Å². The van der Waals surface area contributed by atoms with E-state index in [-0.39, 0.29) is 17.7 Å². The molecule has 0 aliphatic carbocycles. The van der Waals surface area contributed by atoms with Crippen molar-refractivity contribution in [3.63, 3.8) is 0 Å². The number of nitrogens with one attached hydrogen (secondary N) is 1. The van der Waals surface area contributed by atoms with Crippen molar-refractivity contribution in [1.82, 2.24) is 15.1 Å². The van der Waals surface area contributed by atoms with Gasteiger partial charge in [0.05, 0.1) is 0 Å². The van der Waals surface area contributed by atoms with Crippen molar-refractivity contribution in [1.29, 1.82) is 0 Å². The number of rotatable bonds is 6. The third kappa shape index (κ3) is 5.00. The Bertz CT molecular complexity index is 796. The van der Waals surface area contributed by atoms with Crippen molar-refractivity contribution in [3.05, 3.63) is 57.8 Å². The number of nitrogens with zero attached hydrogens (tertiary/aromatic N) is 2. The van der Waals surface area contributed by atoms with Crippen LogP contribution in [0.3, 0.4) is 0 Å². The number of carbonyl (C=O) groups excluding carboxylic acids is 2. The number of aryl methyl sites for hydroxylation is 1. The normalized spacial score (nSPS) is 16.2. The van der Waals surface area contributed by atoms with E-state index in [9.17, 15) is 9.59 Å². The van der Waals surface area contributed by atoms with Crippen LogP contribution in [-0.2, 0) is 11.3 Å². The molecule has 3 rings (SSSR count). The van der Waals surface area contributed by atoms with Crippen molar-refractivity contribution in [2.45, 2.75) is 33.4 Å². The molecule has 0 saturated carbocycles. The molecular formula is C22H29N3O2S. The molecule has 1 aromatic heterocycles. The van der Waals surface area contributed by atoms with Crippen LogP contribution in [0, 0.1) is 12.8 Å². The molecular weight excluding hydrogens is 370 g/mol. The minimum absolute atomic E-state index is 0.0210. The van der Waals surface area contributed by atoms with Crippen LogP contribution in [0.5, 0.6) is 0 Å². The fraction of sp³-hybridized carbons (Fsp3) is 0.455. The summed E-state index contributed by atoms with van der Waals surface area (Å²) < 4.78 is 0. The Hall–Kier alpha value is -2.18. The Kier molecular flexibility index (Phi) is 6.86. The largest absolute Gasteiger partial charge is 0.340 e. The Morgan fingerprint density at radius 1 is 1.07 bits per heavy atom. The Labute approximate surface area is 171 Å². The topological polar surface area (TPSA) is 52.7 Å². The number of thiophene rings is 1. The Morgan fingerprint density at radius 3 is 2.39 bits per heavy atom. The van der Waals surface area contributed by atoms with Gasteiger partial charge < -0.3 is 10.2 Å². The van der Waals surface area contributed by atoms with Crippen LogP contribution in [0.2, 0.25) is 0 Å². The highest BCUT2D eigenvalue weighted by molar-refractivity contribution is 7.09. The molecule has 1 aliphatic rings. The molecule has 5 nitrogen and oxygen atoms in total. The van der Waals surface area contributed by atoms with Crippen molar-refractivity contribution >= 4 is 23.2 Å². The fourth-order valence-electron chi connectivity index (χ4n) is 3.51. The molecule has 150 valence electrons. The Morgan fingerprint density at radius 2 is 1.79 bits per heavy atom. The summed E-state index contributed by atoms with van der Waals surface area (Å²) in [5, 5.41) is 5.07. The fourth-order valence-corrected chi connectivity index (χ4v) is 4.25. The van der Waals surface area contributed by atoms with Crippen molar-refractivity contribution in [2.24, 2.45) is 5.92 Å². The van der Waals surface area contributed by atoms with Crippen molar-refractivity contribution in [2.75, 3.05) is 26.2 Å². The van der Waals surface area contributed by atoms with Gasteiger partial charge >= 0.3 is 0 Å². The molecule has 1 aliphatic heterocycles. The minimum Gasteiger partial charge on any atom is -0.340 e. The van der Waals surface area contributed by atoms with Crippen LogP contribution in [-0.4, -0.2) is 53.8 Å². The van der Waals surface area contributed by atoms with Crippen molar-refractivity contribution in [3.8, 4) is 0 Å². The zero-order chi connectivity index (χ0) is 20.1. The molecule has 6 heteroatoms. The first-order valence-electron chi connectivity index (χ1n) is 9.85. The van der Waals surface area contributed by atoms with E-state index in [1.54, 1.807) is 17.4 Å². The van der Waals surface area contributed by atoms with Gasteiger partial charge in [0.2, 0.25) is 5.91 Å². The minimum atomic E-state index is -0.504. The highest BCUT2D eigenvalue weighted by Gasteiger charge is 2.31. The van der Waals surface area contributed by atoms with Crippen LogP contribution in [0.1, 0.15) is 34.6 Å². The van der Waals surface area contributed by atoms with Gasteiger partial charge in [-0.15, -0.1) is 11.3 Å².